The molecule has 5 nitrogen and oxygen atoms in total. The normalized spacial score (nSPS) is 17.4. The molecule has 1 fully saturated rings. The molecule has 1 aromatic rings. The van der Waals surface area contributed by atoms with E-state index >= 15 is 0 Å². The lowest BCUT2D eigenvalue weighted by molar-refractivity contribution is -0.138. The Morgan fingerprint density at radius 3 is 2.65 bits per heavy atom. The highest BCUT2D eigenvalue weighted by Crippen LogP contribution is 2.22. The molecule has 1 aliphatic rings. The Morgan fingerprint density at radius 2 is 2.00 bits per heavy atom. The van der Waals surface area contributed by atoms with Crippen LogP contribution in [0.1, 0.15) is 31.9 Å². The standard InChI is InChI=1S/C15H20N2O3/c1-3-7-16-11(2)12-5-4-6-13(8-12)17-14(18)9-20-10-15(17)19/h4-6,8,11,16H,3,7,9-10H2,1-2H3. The van der Waals surface area contributed by atoms with Crippen molar-refractivity contribution in [1.82, 2.24) is 5.32 Å². The molecule has 1 N–H and O–H groups in total. The van der Waals surface area contributed by atoms with Gasteiger partial charge in [0.2, 0.25) is 0 Å². The summed E-state index contributed by atoms with van der Waals surface area (Å²) in [5, 5.41) is 3.39. The van der Waals surface area contributed by atoms with Crippen LogP contribution in [-0.4, -0.2) is 31.6 Å². The van der Waals surface area contributed by atoms with Gasteiger partial charge in [-0.15, -0.1) is 0 Å². The highest BCUT2D eigenvalue weighted by Gasteiger charge is 2.28. The van der Waals surface area contributed by atoms with Crippen LogP contribution in [0.5, 0.6) is 0 Å². The average Bonchev–Trinajstić information content (AvgIpc) is 2.45. The zero-order chi connectivity index (χ0) is 14.5. The second kappa shape index (κ2) is 6.63. The zero-order valence-electron chi connectivity index (χ0n) is 11.9. The SMILES string of the molecule is CCCNC(C)c1cccc(N2C(=O)COCC2=O)c1. The first kappa shape index (κ1) is 14.7. The summed E-state index contributed by atoms with van der Waals surface area (Å²) in [7, 11) is 0. The van der Waals surface area contributed by atoms with Gasteiger partial charge in [0.1, 0.15) is 13.2 Å². The molecule has 0 spiro atoms. The third kappa shape index (κ3) is 3.23. The van der Waals surface area contributed by atoms with Crippen molar-refractivity contribution < 1.29 is 14.3 Å². The van der Waals surface area contributed by atoms with Crippen molar-refractivity contribution in [1.29, 1.82) is 0 Å². The van der Waals surface area contributed by atoms with Crippen LogP contribution in [0.4, 0.5) is 5.69 Å². The van der Waals surface area contributed by atoms with E-state index in [9.17, 15) is 9.59 Å². The molecule has 1 unspecified atom stereocenters. The Labute approximate surface area is 118 Å². The first-order valence-electron chi connectivity index (χ1n) is 6.90. The summed E-state index contributed by atoms with van der Waals surface area (Å²) >= 11 is 0. The van der Waals surface area contributed by atoms with E-state index in [2.05, 4.69) is 19.2 Å². The third-order valence-corrected chi connectivity index (χ3v) is 3.28. The number of ether oxygens (including phenoxy) is 1. The summed E-state index contributed by atoms with van der Waals surface area (Å²) in [5.74, 6) is -0.625. The van der Waals surface area contributed by atoms with E-state index in [-0.39, 0.29) is 31.1 Å². The van der Waals surface area contributed by atoms with Gasteiger partial charge in [0.25, 0.3) is 11.8 Å². The summed E-state index contributed by atoms with van der Waals surface area (Å²) in [4.78, 5) is 24.9. The molecule has 1 heterocycles. The number of hydrogen-bond donors (Lipinski definition) is 1. The quantitative estimate of drug-likeness (QED) is 0.831. The molecule has 1 saturated heterocycles. The van der Waals surface area contributed by atoms with Crippen molar-refractivity contribution >= 4 is 17.5 Å². The van der Waals surface area contributed by atoms with Crippen molar-refractivity contribution in [2.75, 3.05) is 24.7 Å². The van der Waals surface area contributed by atoms with Gasteiger partial charge >= 0.3 is 0 Å². The van der Waals surface area contributed by atoms with Crippen LogP contribution < -0.4 is 10.2 Å². The monoisotopic (exact) mass is 276 g/mol. The molecule has 0 aliphatic carbocycles. The molecule has 1 aliphatic heterocycles. The first-order valence-corrected chi connectivity index (χ1v) is 6.90. The molecule has 1 aromatic carbocycles. The number of amides is 2. The van der Waals surface area contributed by atoms with Gasteiger partial charge in [0.15, 0.2) is 0 Å². The van der Waals surface area contributed by atoms with Gasteiger partial charge in [-0.1, -0.05) is 19.1 Å². The number of nitrogens with one attached hydrogen (secondary N) is 1. The number of benzene rings is 1. The number of carbonyl (C=O) groups is 2. The molecule has 0 radical (unpaired) electrons. The summed E-state index contributed by atoms with van der Waals surface area (Å²) in [6, 6.07) is 7.70. The third-order valence-electron chi connectivity index (χ3n) is 3.28. The van der Waals surface area contributed by atoms with E-state index in [0.717, 1.165) is 18.5 Å². The fourth-order valence-corrected chi connectivity index (χ4v) is 2.19. The van der Waals surface area contributed by atoms with Crippen molar-refractivity contribution in [3.05, 3.63) is 29.8 Å². The number of carbonyl (C=O) groups excluding carboxylic acids is 2. The van der Waals surface area contributed by atoms with Gasteiger partial charge in [-0.05, 0) is 37.6 Å². The fraction of sp³-hybridized carbons (Fsp3) is 0.467. The minimum Gasteiger partial charge on any atom is -0.362 e. The molecule has 2 amide bonds. The number of anilines is 1. The number of rotatable bonds is 5. The smallest absolute Gasteiger partial charge is 0.259 e. The van der Waals surface area contributed by atoms with E-state index < -0.39 is 0 Å². The van der Waals surface area contributed by atoms with Gasteiger partial charge < -0.3 is 10.1 Å². The zero-order valence-corrected chi connectivity index (χ0v) is 11.9. The van der Waals surface area contributed by atoms with Gasteiger partial charge in [-0.2, -0.15) is 0 Å². The van der Waals surface area contributed by atoms with Crippen LogP contribution in [0.15, 0.2) is 24.3 Å². The van der Waals surface area contributed by atoms with Gasteiger partial charge in [-0.3, -0.25) is 9.59 Å². The Morgan fingerprint density at radius 1 is 1.30 bits per heavy atom. The first-order chi connectivity index (χ1) is 9.63. The summed E-state index contributed by atoms with van der Waals surface area (Å²) in [6.07, 6.45) is 1.06. The van der Waals surface area contributed by atoms with E-state index in [1.54, 1.807) is 6.07 Å². The molecular weight excluding hydrogens is 256 g/mol. The highest BCUT2D eigenvalue weighted by molar-refractivity contribution is 6.17. The predicted molar refractivity (Wildman–Crippen MR) is 76.5 cm³/mol. The van der Waals surface area contributed by atoms with E-state index in [0.29, 0.717) is 5.69 Å². The maximum Gasteiger partial charge on any atom is 0.259 e. The van der Waals surface area contributed by atoms with E-state index in [4.69, 9.17) is 4.74 Å². The van der Waals surface area contributed by atoms with Crippen molar-refractivity contribution in [3.8, 4) is 0 Å². The lowest BCUT2D eigenvalue weighted by Crippen LogP contribution is -2.46. The van der Waals surface area contributed by atoms with Crippen molar-refractivity contribution in [3.63, 3.8) is 0 Å². The van der Waals surface area contributed by atoms with Gasteiger partial charge in [-0.25, -0.2) is 4.90 Å². The topological polar surface area (TPSA) is 58.6 Å². The van der Waals surface area contributed by atoms with Crippen LogP contribution in [0.2, 0.25) is 0 Å². The summed E-state index contributed by atoms with van der Waals surface area (Å²) in [5.41, 5.74) is 1.67. The number of nitrogens with zero attached hydrogens (tertiary/aromatic N) is 1. The van der Waals surface area contributed by atoms with Crippen molar-refractivity contribution in [2.45, 2.75) is 26.3 Å². The molecule has 0 bridgehead atoms. The number of hydrogen-bond acceptors (Lipinski definition) is 4. The molecule has 0 saturated carbocycles. The van der Waals surface area contributed by atoms with E-state index in [1.165, 1.54) is 4.90 Å². The molecule has 108 valence electrons. The van der Waals surface area contributed by atoms with Crippen molar-refractivity contribution in [2.24, 2.45) is 0 Å². The number of morpholine rings is 1. The maximum absolute atomic E-state index is 11.8. The average molecular weight is 276 g/mol. The fourth-order valence-electron chi connectivity index (χ4n) is 2.19. The molecule has 20 heavy (non-hydrogen) atoms. The summed E-state index contributed by atoms with van der Waals surface area (Å²) < 4.78 is 4.92. The maximum atomic E-state index is 11.8. The molecular formula is C15H20N2O3. The predicted octanol–water partition coefficient (Wildman–Crippen LogP) is 1.64. The Kier molecular flexibility index (Phi) is 4.87. The van der Waals surface area contributed by atoms with Gasteiger partial charge in [0, 0.05) is 6.04 Å². The molecule has 0 aromatic heterocycles. The van der Waals surface area contributed by atoms with E-state index in [1.807, 2.05) is 18.2 Å². The molecule has 5 heteroatoms. The van der Waals surface area contributed by atoms with Gasteiger partial charge in [0.05, 0.1) is 5.69 Å². The van der Waals surface area contributed by atoms with Crippen LogP contribution in [-0.2, 0) is 14.3 Å². The lowest BCUT2D eigenvalue weighted by atomic mass is 10.1. The Hall–Kier alpha value is -1.72. The van der Waals surface area contributed by atoms with Crippen LogP contribution in [0.3, 0.4) is 0 Å². The Bertz CT molecular complexity index is 486. The van der Waals surface area contributed by atoms with Crippen LogP contribution >= 0.6 is 0 Å². The second-order valence-electron chi connectivity index (χ2n) is 4.89. The molecule has 1 atom stereocenters. The summed E-state index contributed by atoms with van der Waals surface area (Å²) in [6.45, 7) is 5.03. The van der Waals surface area contributed by atoms with Crippen LogP contribution in [0, 0.1) is 0 Å². The molecule has 2 rings (SSSR count). The van der Waals surface area contributed by atoms with Crippen LogP contribution in [0.25, 0.3) is 0 Å². The minimum atomic E-state index is -0.312. The minimum absolute atomic E-state index is 0.0421. The Balaban J connectivity index is 2.20. The number of imide groups is 1. The lowest BCUT2D eigenvalue weighted by Gasteiger charge is -2.26. The highest BCUT2D eigenvalue weighted by atomic mass is 16.5. The largest absolute Gasteiger partial charge is 0.362 e. The second-order valence-corrected chi connectivity index (χ2v) is 4.89.